The first-order valence-electron chi connectivity index (χ1n) is 6.29. The summed E-state index contributed by atoms with van der Waals surface area (Å²) in [6.45, 7) is 0. The molecule has 0 atom stereocenters. The number of hydrogen-bond donors (Lipinski definition) is 1. The van der Waals surface area contributed by atoms with Crippen LogP contribution in [0.15, 0.2) is 48.5 Å². The number of carboxylic acids is 1. The average molecular weight is 285 g/mol. The monoisotopic (exact) mass is 285 g/mol. The molecule has 0 saturated carbocycles. The summed E-state index contributed by atoms with van der Waals surface area (Å²) in [4.78, 5) is 25.0. The summed E-state index contributed by atoms with van der Waals surface area (Å²) < 4.78 is 5.04. The number of hydrogen-bond acceptors (Lipinski definition) is 3. The van der Waals surface area contributed by atoms with Crippen LogP contribution in [-0.4, -0.2) is 31.1 Å². The number of aromatic carboxylic acids is 1. The number of para-hydroxylation sites is 1. The van der Waals surface area contributed by atoms with Gasteiger partial charge in [0.2, 0.25) is 0 Å². The summed E-state index contributed by atoms with van der Waals surface area (Å²) in [6.07, 6.45) is 0. The number of carbonyl (C=O) groups is 2. The summed E-state index contributed by atoms with van der Waals surface area (Å²) in [7, 11) is 3.10. The third kappa shape index (κ3) is 3.02. The molecule has 1 N–H and O–H groups in total. The summed E-state index contributed by atoms with van der Waals surface area (Å²) in [5.41, 5.74) is 0.895. The molecule has 0 saturated heterocycles. The number of anilines is 1. The van der Waals surface area contributed by atoms with Crippen molar-refractivity contribution in [3.05, 3.63) is 59.7 Å². The number of carbonyl (C=O) groups excluding carboxylic acids is 1. The highest BCUT2D eigenvalue weighted by molar-refractivity contribution is 6.09. The number of ether oxygens (including phenoxy) is 1. The Morgan fingerprint density at radius 2 is 1.67 bits per heavy atom. The molecule has 2 rings (SSSR count). The Hall–Kier alpha value is -2.82. The Bertz CT molecular complexity index is 664. The van der Waals surface area contributed by atoms with Crippen LogP contribution in [0.4, 0.5) is 5.69 Å². The van der Waals surface area contributed by atoms with Crippen LogP contribution in [0, 0.1) is 0 Å². The van der Waals surface area contributed by atoms with Gasteiger partial charge in [-0.2, -0.15) is 0 Å². The molecule has 0 aliphatic carbocycles. The average Bonchev–Trinajstić information content (AvgIpc) is 2.53. The maximum absolute atomic E-state index is 12.4. The van der Waals surface area contributed by atoms with Gasteiger partial charge in [-0.3, -0.25) is 4.79 Å². The maximum Gasteiger partial charge on any atom is 0.337 e. The van der Waals surface area contributed by atoms with Crippen molar-refractivity contribution in [2.75, 3.05) is 19.1 Å². The summed E-state index contributed by atoms with van der Waals surface area (Å²) in [5, 5.41) is 9.18. The summed E-state index contributed by atoms with van der Waals surface area (Å²) in [6, 6.07) is 13.0. The molecule has 0 radical (unpaired) electrons. The molecule has 0 heterocycles. The predicted molar refractivity (Wildman–Crippen MR) is 79.1 cm³/mol. The van der Waals surface area contributed by atoms with Gasteiger partial charge in [-0.15, -0.1) is 0 Å². The van der Waals surface area contributed by atoms with Crippen LogP contribution in [0.5, 0.6) is 5.75 Å². The standard InChI is InChI=1S/C16H15NO4/c1-17(14-6-4-3-5-13(14)16(19)20)15(18)11-7-9-12(21-2)10-8-11/h3-10H,1-2H3,(H,19,20). The van der Waals surface area contributed by atoms with Crippen molar-refractivity contribution in [1.29, 1.82) is 0 Å². The SMILES string of the molecule is COc1ccc(C(=O)N(C)c2ccccc2C(=O)O)cc1. The van der Waals surface area contributed by atoms with Gasteiger partial charge in [-0.05, 0) is 36.4 Å². The molecule has 0 bridgehead atoms. The van der Waals surface area contributed by atoms with Gasteiger partial charge in [0.25, 0.3) is 5.91 Å². The van der Waals surface area contributed by atoms with Gasteiger partial charge >= 0.3 is 5.97 Å². The fraction of sp³-hybridized carbons (Fsp3) is 0.125. The number of carboxylic acid groups (broad SMARTS) is 1. The Kier molecular flexibility index (Phi) is 4.23. The van der Waals surface area contributed by atoms with E-state index < -0.39 is 5.97 Å². The molecule has 0 fully saturated rings. The van der Waals surface area contributed by atoms with Crippen LogP contribution < -0.4 is 9.64 Å². The molecular weight excluding hydrogens is 270 g/mol. The first-order chi connectivity index (χ1) is 10.0. The van der Waals surface area contributed by atoms with E-state index in [2.05, 4.69) is 0 Å². The van der Waals surface area contributed by atoms with Crippen LogP contribution in [0.1, 0.15) is 20.7 Å². The second-order valence-corrected chi connectivity index (χ2v) is 4.41. The molecule has 5 nitrogen and oxygen atoms in total. The number of rotatable bonds is 4. The second-order valence-electron chi connectivity index (χ2n) is 4.41. The number of nitrogens with zero attached hydrogens (tertiary/aromatic N) is 1. The van der Waals surface area contributed by atoms with Crippen molar-refractivity contribution in [3.8, 4) is 5.75 Å². The second kappa shape index (κ2) is 6.09. The van der Waals surface area contributed by atoms with Crippen molar-refractivity contribution in [3.63, 3.8) is 0 Å². The van der Waals surface area contributed by atoms with Gasteiger partial charge in [-0.25, -0.2) is 4.79 Å². The van der Waals surface area contributed by atoms with Crippen LogP contribution in [-0.2, 0) is 0 Å². The quantitative estimate of drug-likeness (QED) is 0.937. The Balaban J connectivity index is 2.32. The van der Waals surface area contributed by atoms with Crippen molar-refractivity contribution < 1.29 is 19.4 Å². The van der Waals surface area contributed by atoms with Gasteiger partial charge in [-0.1, -0.05) is 12.1 Å². The van der Waals surface area contributed by atoms with Gasteiger partial charge in [0.15, 0.2) is 0 Å². The van der Waals surface area contributed by atoms with Gasteiger partial charge < -0.3 is 14.7 Å². The lowest BCUT2D eigenvalue weighted by molar-refractivity contribution is 0.0697. The van der Waals surface area contributed by atoms with E-state index >= 15 is 0 Å². The minimum atomic E-state index is -1.07. The van der Waals surface area contributed by atoms with Crippen LogP contribution in [0.25, 0.3) is 0 Å². The molecule has 0 unspecified atom stereocenters. The largest absolute Gasteiger partial charge is 0.497 e. The van der Waals surface area contributed by atoms with Crippen LogP contribution in [0.3, 0.4) is 0 Å². The molecule has 0 spiro atoms. The predicted octanol–water partition coefficient (Wildman–Crippen LogP) is 2.67. The van der Waals surface area contributed by atoms with Crippen molar-refractivity contribution in [2.45, 2.75) is 0 Å². The zero-order chi connectivity index (χ0) is 15.4. The maximum atomic E-state index is 12.4. The number of methoxy groups -OCH3 is 1. The van der Waals surface area contributed by atoms with E-state index in [-0.39, 0.29) is 11.5 Å². The van der Waals surface area contributed by atoms with E-state index in [1.807, 2.05) is 0 Å². The molecule has 0 aromatic heterocycles. The lowest BCUT2D eigenvalue weighted by Gasteiger charge is -2.19. The van der Waals surface area contributed by atoms with Crippen LogP contribution in [0.2, 0.25) is 0 Å². The molecule has 1 amide bonds. The Morgan fingerprint density at radius 1 is 1.05 bits per heavy atom. The summed E-state index contributed by atoms with van der Waals surface area (Å²) in [5.74, 6) is -0.702. The van der Waals surface area contributed by atoms with Crippen LogP contribution >= 0.6 is 0 Å². The highest BCUT2D eigenvalue weighted by Gasteiger charge is 2.19. The van der Waals surface area contributed by atoms with Gasteiger partial charge in [0.05, 0.1) is 18.4 Å². The number of amides is 1. The zero-order valence-electron chi connectivity index (χ0n) is 11.7. The highest BCUT2D eigenvalue weighted by Crippen LogP contribution is 2.22. The minimum Gasteiger partial charge on any atom is -0.497 e. The van der Waals surface area contributed by atoms with E-state index in [1.54, 1.807) is 56.6 Å². The topological polar surface area (TPSA) is 66.8 Å². The molecular formula is C16H15NO4. The molecule has 0 aliphatic heterocycles. The fourth-order valence-corrected chi connectivity index (χ4v) is 1.98. The molecule has 2 aromatic carbocycles. The lowest BCUT2D eigenvalue weighted by atomic mass is 10.1. The minimum absolute atomic E-state index is 0.0851. The number of benzene rings is 2. The lowest BCUT2D eigenvalue weighted by Crippen LogP contribution is -2.27. The Labute approximate surface area is 122 Å². The van der Waals surface area contributed by atoms with Crippen molar-refractivity contribution >= 4 is 17.6 Å². The van der Waals surface area contributed by atoms with E-state index in [0.29, 0.717) is 17.0 Å². The summed E-state index contributed by atoms with van der Waals surface area (Å²) >= 11 is 0. The van der Waals surface area contributed by atoms with E-state index in [9.17, 15) is 14.7 Å². The third-order valence-electron chi connectivity index (χ3n) is 3.14. The third-order valence-corrected chi connectivity index (χ3v) is 3.14. The van der Waals surface area contributed by atoms with Crippen molar-refractivity contribution in [1.82, 2.24) is 0 Å². The fourth-order valence-electron chi connectivity index (χ4n) is 1.98. The molecule has 108 valence electrons. The first kappa shape index (κ1) is 14.6. The van der Waals surface area contributed by atoms with E-state index in [1.165, 1.54) is 11.0 Å². The molecule has 2 aromatic rings. The zero-order valence-corrected chi connectivity index (χ0v) is 11.7. The molecule has 21 heavy (non-hydrogen) atoms. The molecule has 5 heteroatoms. The van der Waals surface area contributed by atoms with Gasteiger partial charge in [0.1, 0.15) is 5.75 Å². The first-order valence-corrected chi connectivity index (χ1v) is 6.29. The van der Waals surface area contributed by atoms with E-state index in [0.717, 1.165) is 0 Å². The normalized spacial score (nSPS) is 10.0. The molecule has 0 aliphatic rings. The van der Waals surface area contributed by atoms with Gasteiger partial charge in [0, 0.05) is 12.6 Å². The van der Waals surface area contributed by atoms with E-state index in [4.69, 9.17) is 4.74 Å². The Morgan fingerprint density at radius 3 is 2.24 bits per heavy atom. The van der Waals surface area contributed by atoms with Crippen molar-refractivity contribution in [2.24, 2.45) is 0 Å². The smallest absolute Gasteiger partial charge is 0.337 e. The highest BCUT2D eigenvalue weighted by atomic mass is 16.5.